The third-order valence-corrected chi connectivity index (χ3v) is 3.59. The number of hydrogen-bond acceptors (Lipinski definition) is 2. The summed E-state index contributed by atoms with van der Waals surface area (Å²) in [7, 11) is 0. The van der Waals surface area contributed by atoms with Crippen LogP contribution in [0.4, 0.5) is 0 Å². The first kappa shape index (κ1) is 11.6. The van der Waals surface area contributed by atoms with Crippen molar-refractivity contribution in [2.45, 2.75) is 19.3 Å². The van der Waals surface area contributed by atoms with Crippen molar-refractivity contribution in [3.63, 3.8) is 0 Å². The third kappa shape index (κ3) is 2.45. The maximum Gasteiger partial charge on any atom is 0.00540 e. The van der Waals surface area contributed by atoms with E-state index in [1.165, 1.54) is 31.6 Å². The van der Waals surface area contributed by atoms with Crippen molar-refractivity contribution in [3.05, 3.63) is 35.9 Å². The molecule has 0 saturated carbocycles. The first-order valence-corrected chi connectivity index (χ1v) is 6.32. The van der Waals surface area contributed by atoms with Gasteiger partial charge in [0.2, 0.25) is 0 Å². The fraction of sp³-hybridized carbons (Fsp3) is 0.571. The minimum Gasteiger partial charge on any atom is -0.330 e. The Kier molecular flexibility index (Phi) is 3.97. The van der Waals surface area contributed by atoms with Gasteiger partial charge in [0.25, 0.3) is 0 Å². The molecular formula is C14H22N2. The minimum absolute atomic E-state index is 0.633. The molecule has 2 atom stereocenters. The zero-order valence-corrected chi connectivity index (χ0v) is 10.1. The highest BCUT2D eigenvalue weighted by atomic mass is 15.2. The fourth-order valence-electron chi connectivity index (χ4n) is 2.78. The van der Waals surface area contributed by atoms with E-state index in [-0.39, 0.29) is 0 Å². The molecule has 2 rings (SSSR count). The van der Waals surface area contributed by atoms with Gasteiger partial charge in [-0.25, -0.2) is 0 Å². The standard InChI is InChI=1S/C14H22N2/c1-2-8-16-10-13(9-15)14(11-16)12-6-4-3-5-7-12/h3-7,13-14H,2,8-11,15H2,1H3/t13-,14+/m1/s1. The number of benzene rings is 1. The van der Waals surface area contributed by atoms with Crippen LogP contribution in [-0.4, -0.2) is 31.1 Å². The second kappa shape index (κ2) is 5.46. The summed E-state index contributed by atoms with van der Waals surface area (Å²) in [5.74, 6) is 1.27. The molecule has 1 aromatic carbocycles. The van der Waals surface area contributed by atoms with Gasteiger partial charge in [0.1, 0.15) is 0 Å². The molecule has 0 aromatic heterocycles. The topological polar surface area (TPSA) is 29.3 Å². The summed E-state index contributed by atoms with van der Waals surface area (Å²) in [6, 6.07) is 10.8. The molecule has 0 aliphatic carbocycles. The van der Waals surface area contributed by atoms with E-state index in [0.717, 1.165) is 6.54 Å². The van der Waals surface area contributed by atoms with E-state index in [2.05, 4.69) is 42.2 Å². The molecule has 2 N–H and O–H groups in total. The summed E-state index contributed by atoms with van der Waals surface area (Å²) in [6.07, 6.45) is 1.23. The van der Waals surface area contributed by atoms with E-state index in [9.17, 15) is 0 Å². The molecule has 16 heavy (non-hydrogen) atoms. The summed E-state index contributed by atoms with van der Waals surface area (Å²) in [6.45, 7) is 6.61. The van der Waals surface area contributed by atoms with Crippen molar-refractivity contribution in [2.75, 3.05) is 26.2 Å². The number of likely N-dealkylation sites (tertiary alicyclic amines) is 1. The van der Waals surface area contributed by atoms with Crippen LogP contribution >= 0.6 is 0 Å². The van der Waals surface area contributed by atoms with Crippen LogP contribution in [0, 0.1) is 5.92 Å². The summed E-state index contributed by atoms with van der Waals surface area (Å²) in [4.78, 5) is 2.55. The Morgan fingerprint density at radius 2 is 2.00 bits per heavy atom. The van der Waals surface area contributed by atoms with Crippen molar-refractivity contribution >= 4 is 0 Å². The van der Waals surface area contributed by atoms with Crippen LogP contribution in [0.3, 0.4) is 0 Å². The summed E-state index contributed by atoms with van der Waals surface area (Å²) >= 11 is 0. The highest BCUT2D eigenvalue weighted by molar-refractivity contribution is 5.22. The molecule has 1 saturated heterocycles. The lowest BCUT2D eigenvalue weighted by atomic mass is 9.89. The van der Waals surface area contributed by atoms with E-state index in [1.807, 2.05) is 0 Å². The monoisotopic (exact) mass is 218 g/mol. The summed E-state index contributed by atoms with van der Waals surface area (Å²) in [5.41, 5.74) is 7.35. The lowest BCUT2D eigenvalue weighted by molar-refractivity contribution is 0.325. The number of rotatable bonds is 4. The Morgan fingerprint density at radius 3 is 2.62 bits per heavy atom. The first-order valence-electron chi connectivity index (χ1n) is 6.32. The van der Waals surface area contributed by atoms with E-state index >= 15 is 0 Å². The van der Waals surface area contributed by atoms with Gasteiger partial charge in [-0.2, -0.15) is 0 Å². The van der Waals surface area contributed by atoms with Crippen LogP contribution in [0.25, 0.3) is 0 Å². The van der Waals surface area contributed by atoms with Gasteiger partial charge in [-0.1, -0.05) is 37.3 Å². The zero-order chi connectivity index (χ0) is 11.4. The maximum absolute atomic E-state index is 5.89. The Bertz CT molecular complexity index is 310. The highest BCUT2D eigenvalue weighted by Crippen LogP contribution is 2.31. The molecule has 88 valence electrons. The molecule has 0 spiro atoms. The second-order valence-electron chi connectivity index (χ2n) is 4.77. The van der Waals surface area contributed by atoms with Gasteiger partial charge in [0.05, 0.1) is 0 Å². The quantitative estimate of drug-likeness (QED) is 0.838. The van der Waals surface area contributed by atoms with Crippen LogP contribution in [0.2, 0.25) is 0 Å². The minimum atomic E-state index is 0.633. The smallest absolute Gasteiger partial charge is 0.00540 e. The Labute approximate surface area is 98.4 Å². The number of nitrogens with two attached hydrogens (primary N) is 1. The lowest BCUT2D eigenvalue weighted by Crippen LogP contribution is -2.23. The Hall–Kier alpha value is -0.860. The molecule has 1 aliphatic rings. The molecule has 1 heterocycles. The molecule has 1 aliphatic heterocycles. The van der Waals surface area contributed by atoms with Gasteiger partial charge >= 0.3 is 0 Å². The molecule has 0 amide bonds. The van der Waals surface area contributed by atoms with E-state index in [1.54, 1.807) is 0 Å². The maximum atomic E-state index is 5.89. The van der Waals surface area contributed by atoms with Gasteiger partial charge in [-0.05, 0) is 31.0 Å². The molecular weight excluding hydrogens is 196 g/mol. The largest absolute Gasteiger partial charge is 0.330 e. The predicted octanol–water partition coefficient (Wildman–Crippen LogP) is 2.07. The van der Waals surface area contributed by atoms with Crippen molar-refractivity contribution in [3.8, 4) is 0 Å². The molecule has 0 bridgehead atoms. The van der Waals surface area contributed by atoms with Gasteiger partial charge in [0, 0.05) is 19.0 Å². The average molecular weight is 218 g/mol. The van der Waals surface area contributed by atoms with Crippen molar-refractivity contribution in [1.29, 1.82) is 0 Å². The number of nitrogens with zero attached hydrogens (tertiary/aromatic N) is 1. The molecule has 1 aromatic rings. The van der Waals surface area contributed by atoms with Crippen LogP contribution in [0.5, 0.6) is 0 Å². The third-order valence-electron chi connectivity index (χ3n) is 3.59. The highest BCUT2D eigenvalue weighted by Gasteiger charge is 2.31. The Morgan fingerprint density at radius 1 is 1.25 bits per heavy atom. The molecule has 0 unspecified atom stereocenters. The van der Waals surface area contributed by atoms with E-state index in [0.29, 0.717) is 11.8 Å². The molecule has 2 heteroatoms. The van der Waals surface area contributed by atoms with E-state index < -0.39 is 0 Å². The zero-order valence-electron chi connectivity index (χ0n) is 10.1. The van der Waals surface area contributed by atoms with Crippen LogP contribution in [0.1, 0.15) is 24.8 Å². The number of hydrogen-bond donors (Lipinski definition) is 1. The Balaban J connectivity index is 2.09. The van der Waals surface area contributed by atoms with Gasteiger partial charge in [0.15, 0.2) is 0 Å². The van der Waals surface area contributed by atoms with Crippen LogP contribution in [-0.2, 0) is 0 Å². The summed E-state index contributed by atoms with van der Waals surface area (Å²) < 4.78 is 0. The van der Waals surface area contributed by atoms with Crippen molar-refractivity contribution in [1.82, 2.24) is 4.90 Å². The predicted molar refractivity (Wildman–Crippen MR) is 68.5 cm³/mol. The first-order chi connectivity index (χ1) is 7.85. The van der Waals surface area contributed by atoms with Crippen LogP contribution in [0.15, 0.2) is 30.3 Å². The average Bonchev–Trinajstić information content (AvgIpc) is 2.74. The molecule has 1 fully saturated rings. The SMILES string of the molecule is CCCN1C[C@@H](CN)[C@H](c2ccccc2)C1. The van der Waals surface area contributed by atoms with Crippen molar-refractivity contribution < 1.29 is 0 Å². The summed E-state index contributed by atoms with van der Waals surface area (Å²) in [5, 5.41) is 0. The van der Waals surface area contributed by atoms with Crippen molar-refractivity contribution in [2.24, 2.45) is 11.7 Å². The van der Waals surface area contributed by atoms with E-state index in [4.69, 9.17) is 5.73 Å². The fourth-order valence-corrected chi connectivity index (χ4v) is 2.78. The lowest BCUT2D eigenvalue weighted by Gasteiger charge is -2.16. The van der Waals surface area contributed by atoms with Gasteiger partial charge in [-0.3, -0.25) is 0 Å². The normalized spacial score (nSPS) is 26.1. The van der Waals surface area contributed by atoms with Gasteiger partial charge < -0.3 is 10.6 Å². The van der Waals surface area contributed by atoms with Gasteiger partial charge in [-0.15, -0.1) is 0 Å². The van der Waals surface area contributed by atoms with Crippen LogP contribution < -0.4 is 5.73 Å². The second-order valence-corrected chi connectivity index (χ2v) is 4.77. The molecule has 2 nitrogen and oxygen atoms in total. The molecule has 0 radical (unpaired) electrons.